The second-order valence-electron chi connectivity index (χ2n) is 7.26. The number of benzene rings is 4. The average Bonchev–Trinajstić information content (AvgIpc) is 2.81. The zero-order chi connectivity index (χ0) is 22.8. The van der Waals surface area contributed by atoms with Crippen LogP contribution in [0, 0.1) is 0 Å². The Labute approximate surface area is 189 Å². The van der Waals surface area contributed by atoms with Crippen molar-refractivity contribution < 1.29 is 0 Å². The van der Waals surface area contributed by atoms with E-state index in [0.717, 1.165) is 45.0 Å². The first-order valence-corrected chi connectivity index (χ1v) is 10.3. The summed E-state index contributed by atoms with van der Waals surface area (Å²) in [5.41, 5.74) is 30.3. The van der Waals surface area contributed by atoms with Gasteiger partial charge in [0.15, 0.2) is 0 Å². The fourth-order valence-electron chi connectivity index (χ4n) is 2.91. The standard InChI is InChI=1S/2C14H14N2/c15-13-7-3-1-5-11(13)9-10-12-6-2-4-8-14(12)16;15-13-7-3-11(4-8-13)1-2-12-5-9-14(16)10-6-12/h2*1-10H,15-16H2. The van der Waals surface area contributed by atoms with E-state index in [2.05, 4.69) is 0 Å². The highest BCUT2D eigenvalue weighted by atomic mass is 14.6. The molecule has 0 aliphatic carbocycles. The Morgan fingerprint density at radius 2 is 0.719 bits per heavy atom. The molecule has 0 bridgehead atoms. The van der Waals surface area contributed by atoms with Gasteiger partial charge in [0.1, 0.15) is 0 Å². The van der Waals surface area contributed by atoms with Gasteiger partial charge in [-0.1, -0.05) is 85.0 Å². The third kappa shape index (κ3) is 6.82. The molecule has 0 amide bonds. The van der Waals surface area contributed by atoms with Gasteiger partial charge in [-0.15, -0.1) is 0 Å². The molecular weight excluding hydrogens is 392 g/mol. The summed E-state index contributed by atoms with van der Waals surface area (Å²) in [5.74, 6) is 0. The number of nitrogen functional groups attached to an aromatic ring is 4. The SMILES string of the molecule is Nc1ccc(C=Cc2ccc(N)cc2)cc1.Nc1ccccc1C=Cc1ccccc1N. The van der Waals surface area contributed by atoms with Crippen molar-refractivity contribution in [3.05, 3.63) is 119 Å². The Morgan fingerprint density at radius 3 is 1.06 bits per heavy atom. The van der Waals surface area contributed by atoms with Crippen LogP contribution in [0.15, 0.2) is 97.1 Å². The number of hydrogen-bond acceptors (Lipinski definition) is 4. The summed E-state index contributed by atoms with van der Waals surface area (Å²) in [7, 11) is 0. The van der Waals surface area contributed by atoms with Crippen LogP contribution in [0.25, 0.3) is 24.3 Å². The lowest BCUT2D eigenvalue weighted by Crippen LogP contribution is -1.89. The second kappa shape index (κ2) is 11.1. The first-order chi connectivity index (χ1) is 15.5. The van der Waals surface area contributed by atoms with Crippen molar-refractivity contribution in [1.82, 2.24) is 0 Å². The van der Waals surface area contributed by atoms with E-state index in [9.17, 15) is 0 Å². The van der Waals surface area contributed by atoms with E-state index in [1.54, 1.807) is 0 Å². The summed E-state index contributed by atoms with van der Waals surface area (Å²) < 4.78 is 0. The van der Waals surface area contributed by atoms with Gasteiger partial charge in [0.25, 0.3) is 0 Å². The normalized spacial score (nSPS) is 10.8. The van der Waals surface area contributed by atoms with E-state index >= 15 is 0 Å². The average molecular weight is 421 g/mol. The highest BCUT2D eigenvalue weighted by Gasteiger charge is 1.94. The molecule has 4 rings (SSSR count). The lowest BCUT2D eigenvalue weighted by atomic mass is 10.1. The molecule has 8 N–H and O–H groups in total. The van der Waals surface area contributed by atoms with Crippen molar-refractivity contribution in [3.8, 4) is 0 Å². The molecular formula is C28H28N4. The Hall–Kier alpha value is -4.44. The van der Waals surface area contributed by atoms with Crippen LogP contribution >= 0.6 is 0 Å². The molecule has 4 aromatic carbocycles. The number of para-hydroxylation sites is 2. The summed E-state index contributed by atoms with van der Waals surface area (Å²) in [4.78, 5) is 0. The van der Waals surface area contributed by atoms with Crippen molar-refractivity contribution in [2.45, 2.75) is 0 Å². The molecule has 0 radical (unpaired) electrons. The van der Waals surface area contributed by atoms with Crippen LogP contribution in [0.2, 0.25) is 0 Å². The van der Waals surface area contributed by atoms with Crippen LogP contribution in [0.3, 0.4) is 0 Å². The van der Waals surface area contributed by atoms with Gasteiger partial charge in [-0.25, -0.2) is 0 Å². The molecule has 0 saturated carbocycles. The molecule has 0 saturated heterocycles. The lowest BCUT2D eigenvalue weighted by Gasteiger charge is -2.00. The molecule has 4 nitrogen and oxygen atoms in total. The molecule has 0 spiro atoms. The zero-order valence-electron chi connectivity index (χ0n) is 17.9. The Bertz CT molecular complexity index is 1100. The highest BCUT2D eigenvalue weighted by Crippen LogP contribution is 2.17. The van der Waals surface area contributed by atoms with Crippen LogP contribution in [-0.4, -0.2) is 0 Å². The molecule has 4 heteroatoms. The maximum atomic E-state index is 5.84. The minimum atomic E-state index is 0.772. The molecule has 160 valence electrons. The lowest BCUT2D eigenvalue weighted by molar-refractivity contribution is 1.63. The van der Waals surface area contributed by atoms with Gasteiger partial charge < -0.3 is 22.9 Å². The van der Waals surface area contributed by atoms with Crippen molar-refractivity contribution in [1.29, 1.82) is 0 Å². The van der Waals surface area contributed by atoms with E-state index in [1.165, 1.54) is 0 Å². The van der Waals surface area contributed by atoms with E-state index in [0.29, 0.717) is 0 Å². The molecule has 0 unspecified atom stereocenters. The van der Waals surface area contributed by atoms with Gasteiger partial charge >= 0.3 is 0 Å². The van der Waals surface area contributed by atoms with Crippen LogP contribution in [0.1, 0.15) is 22.3 Å². The first kappa shape index (κ1) is 22.2. The van der Waals surface area contributed by atoms with E-state index in [4.69, 9.17) is 22.9 Å². The Kier molecular flexibility index (Phi) is 7.71. The third-order valence-corrected chi connectivity index (χ3v) is 4.78. The van der Waals surface area contributed by atoms with E-state index in [1.807, 2.05) is 121 Å². The molecule has 0 heterocycles. The predicted molar refractivity (Wildman–Crippen MR) is 141 cm³/mol. The highest BCUT2D eigenvalue weighted by molar-refractivity contribution is 5.79. The smallest absolute Gasteiger partial charge is 0.0387 e. The number of hydrogen-bond donors (Lipinski definition) is 4. The van der Waals surface area contributed by atoms with Crippen LogP contribution in [-0.2, 0) is 0 Å². The van der Waals surface area contributed by atoms with Crippen LogP contribution in [0.4, 0.5) is 22.7 Å². The largest absolute Gasteiger partial charge is 0.399 e. The van der Waals surface area contributed by atoms with E-state index in [-0.39, 0.29) is 0 Å². The summed E-state index contributed by atoms with van der Waals surface area (Å²) >= 11 is 0. The van der Waals surface area contributed by atoms with Gasteiger partial charge in [-0.3, -0.25) is 0 Å². The molecule has 0 atom stereocenters. The van der Waals surface area contributed by atoms with Gasteiger partial charge in [-0.2, -0.15) is 0 Å². The third-order valence-electron chi connectivity index (χ3n) is 4.78. The summed E-state index contributed by atoms with van der Waals surface area (Å²) in [6, 6.07) is 31.0. The van der Waals surface area contributed by atoms with Gasteiger partial charge in [-0.05, 0) is 58.7 Å². The minimum Gasteiger partial charge on any atom is -0.399 e. The Morgan fingerprint density at radius 1 is 0.375 bits per heavy atom. The maximum Gasteiger partial charge on any atom is 0.0387 e. The number of rotatable bonds is 4. The van der Waals surface area contributed by atoms with Crippen LogP contribution in [0.5, 0.6) is 0 Å². The quantitative estimate of drug-likeness (QED) is 0.238. The van der Waals surface area contributed by atoms with Gasteiger partial charge in [0.05, 0.1) is 0 Å². The topological polar surface area (TPSA) is 104 Å². The van der Waals surface area contributed by atoms with E-state index < -0.39 is 0 Å². The van der Waals surface area contributed by atoms with Crippen molar-refractivity contribution in [3.63, 3.8) is 0 Å². The number of anilines is 4. The number of nitrogens with two attached hydrogens (primary N) is 4. The van der Waals surface area contributed by atoms with Gasteiger partial charge in [0, 0.05) is 22.7 Å². The van der Waals surface area contributed by atoms with Crippen LogP contribution < -0.4 is 22.9 Å². The fourth-order valence-corrected chi connectivity index (χ4v) is 2.91. The summed E-state index contributed by atoms with van der Waals surface area (Å²) in [6.07, 6.45) is 8.04. The van der Waals surface area contributed by atoms with Crippen molar-refractivity contribution >= 4 is 47.1 Å². The monoisotopic (exact) mass is 420 g/mol. The predicted octanol–water partition coefficient (Wildman–Crippen LogP) is 6.04. The second-order valence-corrected chi connectivity index (χ2v) is 7.26. The molecule has 0 aliphatic heterocycles. The molecule has 0 aliphatic rings. The summed E-state index contributed by atoms with van der Waals surface area (Å²) in [5, 5.41) is 0. The molecule has 0 fully saturated rings. The summed E-state index contributed by atoms with van der Waals surface area (Å²) in [6.45, 7) is 0. The minimum absolute atomic E-state index is 0.772. The first-order valence-electron chi connectivity index (χ1n) is 10.3. The Balaban J connectivity index is 0.000000181. The van der Waals surface area contributed by atoms with Crippen molar-refractivity contribution in [2.24, 2.45) is 0 Å². The molecule has 0 aromatic heterocycles. The maximum absolute atomic E-state index is 5.84. The molecule has 32 heavy (non-hydrogen) atoms. The zero-order valence-corrected chi connectivity index (χ0v) is 17.9. The fraction of sp³-hybridized carbons (Fsp3) is 0. The molecule has 4 aromatic rings. The van der Waals surface area contributed by atoms with Gasteiger partial charge in [0.2, 0.25) is 0 Å². The van der Waals surface area contributed by atoms with Crippen molar-refractivity contribution in [2.75, 3.05) is 22.9 Å².